The highest BCUT2D eigenvalue weighted by Crippen LogP contribution is 2.40. The van der Waals surface area contributed by atoms with Crippen molar-refractivity contribution in [2.24, 2.45) is 0 Å². The van der Waals surface area contributed by atoms with Gasteiger partial charge in [0.15, 0.2) is 0 Å². The fourth-order valence-corrected chi connectivity index (χ4v) is 5.80. The van der Waals surface area contributed by atoms with Gasteiger partial charge < -0.3 is 4.57 Å². The number of nitrogens with zero attached hydrogens (tertiary/aromatic N) is 4. The molecule has 8 rings (SSSR count). The van der Waals surface area contributed by atoms with Gasteiger partial charge in [-0.2, -0.15) is 0 Å². The van der Waals surface area contributed by atoms with E-state index < -0.39 is 0 Å². The zero-order valence-corrected chi connectivity index (χ0v) is 20.5. The van der Waals surface area contributed by atoms with Gasteiger partial charge in [-0.05, 0) is 64.9 Å². The second kappa shape index (κ2) is 8.15. The van der Waals surface area contributed by atoms with Crippen LogP contribution < -0.4 is 0 Å². The van der Waals surface area contributed by atoms with E-state index in [-0.39, 0.29) is 0 Å². The summed E-state index contributed by atoms with van der Waals surface area (Å²) in [5, 5.41) is 6.15. The van der Waals surface area contributed by atoms with E-state index in [2.05, 4.69) is 117 Å². The Balaban J connectivity index is 1.51. The molecule has 4 heterocycles. The number of aromatic nitrogens is 4. The van der Waals surface area contributed by atoms with Gasteiger partial charge in [0.1, 0.15) is 5.82 Å². The van der Waals surface area contributed by atoms with Crippen LogP contribution >= 0.6 is 0 Å². The van der Waals surface area contributed by atoms with Gasteiger partial charge in [-0.15, -0.1) is 0 Å². The Hall–Kier alpha value is -5.22. The van der Waals surface area contributed by atoms with Crippen molar-refractivity contribution >= 4 is 43.5 Å². The van der Waals surface area contributed by atoms with E-state index in [1.54, 1.807) is 6.20 Å². The lowest BCUT2D eigenvalue weighted by Crippen LogP contribution is -1.98. The molecule has 0 amide bonds. The van der Waals surface area contributed by atoms with Crippen molar-refractivity contribution in [3.05, 3.63) is 134 Å². The molecule has 0 spiro atoms. The molecule has 4 aromatic heterocycles. The first-order chi connectivity index (χ1) is 18.9. The lowest BCUT2D eigenvalue weighted by molar-refractivity contribution is 1.08. The van der Waals surface area contributed by atoms with Gasteiger partial charge in [-0.25, -0.2) is 4.98 Å². The predicted molar refractivity (Wildman–Crippen MR) is 156 cm³/mol. The molecule has 0 aliphatic rings. The van der Waals surface area contributed by atoms with Gasteiger partial charge >= 0.3 is 0 Å². The van der Waals surface area contributed by atoms with Crippen LogP contribution in [0.2, 0.25) is 0 Å². The maximum Gasteiger partial charge on any atom is 0.138 e. The highest BCUT2D eigenvalue weighted by molar-refractivity contribution is 6.25. The lowest BCUT2D eigenvalue weighted by atomic mass is 10.0. The molecule has 0 N–H and O–H groups in total. The molecular formula is C34H22N4. The molecule has 0 bridgehead atoms. The van der Waals surface area contributed by atoms with Crippen LogP contribution in [0.3, 0.4) is 0 Å². The average Bonchev–Trinajstić information content (AvgIpc) is 3.58. The summed E-state index contributed by atoms with van der Waals surface area (Å²) < 4.78 is 4.59. The normalized spacial score (nSPS) is 11.7. The summed E-state index contributed by atoms with van der Waals surface area (Å²) in [7, 11) is 0. The number of hydrogen-bond donors (Lipinski definition) is 0. The maximum absolute atomic E-state index is 4.90. The molecule has 178 valence electrons. The predicted octanol–water partition coefficient (Wildman–Crippen LogP) is 8.34. The van der Waals surface area contributed by atoms with Crippen LogP contribution in [-0.4, -0.2) is 19.1 Å². The molecular weight excluding hydrogens is 464 g/mol. The Labute approximate surface area is 219 Å². The number of hydrogen-bond acceptors (Lipinski definition) is 2. The summed E-state index contributed by atoms with van der Waals surface area (Å²) in [6.07, 6.45) is 7.76. The van der Waals surface area contributed by atoms with Crippen molar-refractivity contribution in [2.45, 2.75) is 0 Å². The second-order valence-corrected chi connectivity index (χ2v) is 9.58. The second-order valence-electron chi connectivity index (χ2n) is 9.58. The summed E-state index contributed by atoms with van der Waals surface area (Å²) in [6.45, 7) is 0. The third-order valence-electron chi connectivity index (χ3n) is 7.49. The summed E-state index contributed by atoms with van der Waals surface area (Å²) >= 11 is 0. The van der Waals surface area contributed by atoms with Crippen molar-refractivity contribution < 1.29 is 0 Å². The van der Waals surface area contributed by atoms with Crippen LogP contribution in [0.15, 0.2) is 134 Å². The minimum absolute atomic E-state index is 0.890. The highest BCUT2D eigenvalue weighted by atomic mass is 15.1. The number of pyridine rings is 2. The van der Waals surface area contributed by atoms with E-state index in [1.165, 1.54) is 38.0 Å². The minimum Gasteiger partial charge on any atom is -0.316 e. The minimum atomic E-state index is 0.890. The van der Waals surface area contributed by atoms with E-state index in [1.807, 2.05) is 24.5 Å². The van der Waals surface area contributed by atoms with Crippen LogP contribution in [0, 0.1) is 0 Å². The molecule has 0 saturated heterocycles. The van der Waals surface area contributed by atoms with E-state index in [0.717, 1.165) is 28.1 Å². The smallest absolute Gasteiger partial charge is 0.138 e. The van der Waals surface area contributed by atoms with Crippen LogP contribution in [0.4, 0.5) is 0 Å². The third-order valence-corrected chi connectivity index (χ3v) is 7.49. The summed E-state index contributed by atoms with van der Waals surface area (Å²) in [5.41, 5.74) is 6.79. The lowest BCUT2D eigenvalue weighted by Gasteiger charge is -2.10. The number of fused-ring (bicyclic) bond motifs is 7. The van der Waals surface area contributed by atoms with Crippen molar-refractivity contribution in [1.82, 2.24) is 19.1 Å². The first-order valence-electron chi connectivity index (χ1n) is 12.7. The fourth-order valence-electron chi connectivity index (χ4n) is 5.80. The molecule has 0 unspecified atom stereocenters. The molecule has 0 saturated carbocycles. The fraction of sp³-hybridized carbons (Fsp3) is 0. The van der Waals surface area contributed by atoms with Crippen molar-refractivity contribution in [1.29, 1.82) is 0 Å². The summed E-state index contributed by atoms with van der Waals surface area (Å²) in [6, 6.07) is 38.6. The third kappa shape index (κ3) is 3.04. The molecule has 4 aromatic carbocycles. The van der Waals surface area contributed by atoms with Gasteiger partial charge in [0.05, 0.1) is 16.6 Å². The van der Waals surface area contributed by atoms with Crippen LogP contribution in [-0.2, 0) is 0 Å². The quantitative estimate of drug-likeness (QED) is 0.252. The zero-order chi connectivity index (χ0) is 25.1. The van der Waals surface area contributed by atoms with Gasteiger partial charge in [0, 0.05) is 52.2 Å². The molecule has 0 fully saturated rings. The molecule has 0 atom stereocenters. The van der Waals surface area contributed by atoms with Crippen molar-refractivity contribution in [3.8, 4) is 22.6 Å². The van der Waals surface area contributed by atoms with Crippen LogP contribution in [0.1, 0.15) is 0 Å². The molecule has 0 aliphatic carbocycles. The van der Waals surface area contributed by atoms with Crippen molar-refractivity contribution in [2.75, 3.05) is 0 Å². The first kappa shape index (κ1) is 20.9. The largest absolute Gasteiger partial charge is 0.316 e. The highest BCUT2D eigenvalue weighted by Gasteiger charge is 2.19. The van der Waals surface area contributed by atoms with Crippen LogP contribution in [0.5, 0.6) is 0 Å². The van der Waals surface area contributed by atoms with Crippen molar-refractivity contribution in [3.63, 3.8) is 0 Å². The molecule has 38 heavy (non-hydrogen) atoms. The summed E-state index contributed by atoms with van der Waals surface area (Å²) in [4.78, 5) is 9.23. The Morgan fingerprint density at radius 1 is 0.579 bits per heavy atom. The van der Waals surface area contributed by atoms with E-state index >= 15 is 0 Å². The van der Waals surface area contributed by atoms with Gasteiger partial charge in [-0.3, -0.25) is 9.55 Å². The van der Waals surface area contributed by atoms with Gasteiger partial charge in [0.2, 0.25) is 0 Å². The van der Waals surface area contributed by atoms with E-state index in [0.29, 0.717) is 0 Å². The SMILES string of the molecule is c1ccc(-n2ccc3c2ccc2c4c5ccccc5ccc4n(-c4cc(-c5cccnc5)ccn4)c23)cc1. The van der Waals surface area contributed by atoms with E-state index in [9.17, 15) is 0 Å². The molecule has 4 heteroatoms. The van der Waals surface area contributed by atoms with E-state index in [4.69, 9.17) is 4.98 Å². The Kier molecular flexibility index (Phi) is 4.49. The Morgan fingerprint density at radius 2 is 1.45 bits per heavy atom. The molecule has 4 nitrogen and oxygen atoms in total. The van der Waals surface area contributed by atoms with Gasteiger partial charge in [0.25, 0.3) is 0 Å². The first-order valence-corrected chi connectivity index (χ1v) is 12.7. The zero-order valence-electron chi connectivity index (χ0n) is 20.5. The Bertz CT molecular complexity index is 2120. The number of rotatable bonds is 3. The Morgan fingerprint density at radius 3 is 2.34 bits per heavy atom. The molecule has 0 aliphatic heterocycles. The topological polar surface area (TPSA) is 35.6 Å². The average molecular weight is 487 g/mol. The molecule has 8 aromatic rings. The number of benzene rings is 4. The van der Waals surface area contributed by atoms with Gasteiger partial charge in [-0.1, -0.05) is 60.7 Å². The maximum atomic E-state index is 4.90. The monoisotopic (exact) mass is 486 g/mol. The standard InChI is InChI=1S/C34H22N4/c1-2-9-26(10-3-1)37-20-17-28-30(37)15-13-29-33-27-11-5-4-7-23(27)12-14-31(33)38(34(28)29)32-21-24(16-19-36-32)25-8-6-18-35-22-25/h1-22H. The molecule has 0 radical (unpaired) electrons. The summed E-state index contributed by atoms with van der Waals surface area (Å²) in [5.74, 6) is 0.890. The van der Waals surface area contributed by atoms with Crippen LogP contribution in [0.25, 0.3) is 66.1 Å². The number of para-hydroxylation sites is 1.